The molecule has 0 spiro atoms. The third-order valence-corrected chi connectivity index (χ3v) is 6.18. The molecule has 6 heteroatoms. The molecule has 0 bridgehead atoms. The number of hydrogen-bond acceptors (Lipinski definition) is 4. The Hall–Kier alpha value is -3.51. The number of fused-ring (bicyclic) bond motifs is 1. The van der Waals surface area contributed by atoms with E-state index in [9.17, 15) is 9.90 Å². The highest BCUT2D eigenvalue weighted by atomic mass is 32.2. The van der Waals surface area contributed by atoms with Crippen LogP contribution in [0.2, 0.25) is 0 Å². The topological polar surface area (TPSA) is 59.5 Å². The van der Waals surface area contributed by atoms with Gasteiger partial charge in [-0.25, -0.2) is 0 Å². The van der Waals surface area contributed by atoms with Gasteiger partial charge in [0.25, 0.3) is 5.56 Å². The highest BCUT2D eigenvalue weighted by molar-refractivity contribution is 8.10. The lowest BCUT2D eigenvalue weighted by molar-refractivity contribution is 0.475. The molecule has 4 aromatic rings. The van der Waals surface area contributed by atoms with Crippen molar-refractivity contribution in [1.29, 1.82) is 0 Å². The number of phenols is 1. The van der Waals surface area contributed by atoms with Crippen LogP contribution in [0.25, 0.3) is 32.9 Å². The SMILES string of the molecule is C=C(S/C=C\C)c1c(-c2ccccc2)nn2c(=O)c(-c3ccc(O)cc3)c(C)n(C)c12. The number of hydrogen-bond donors (Lipinski definition) is 1. The van der Waals surface area contributed by atoms with Gasteiger partial charge in [-0.05, 0) is 37.0 Å². The zero-order valence-electron chi connectivity index (χ0n) is 17.7. The molecule has 5 nitrogen and oxygen atoms in total. The highest BCUT2D eigenvalue weighted by Gasteiger charge is 2.24. The average Bonchev–Trinajstić information content (AvgIpc) is 3.19. The van der Waals surface area contributed by atoms with Crippen LogP contribution in [-0.2, 0) is 7.05 Å². The maximum absolute atomic E-state index is 13.6. The summed E-state index contributed by atoms with van der Waals surface area (Å²) in [6, 6.07) is 16.5. The first-order valence-corrected chi connectivity index (χ1v) is 10.8. The van der Waals surface area contributed by atoms with Gasteiger partial charge in [0.05, 0.1) is 11.1 Å². The van der Waals surface area contributed by atoms with Crippen LogP contribution in [0.15, 0.2) is 77.5 Å². The van der Waals surface area contributed by atoms with E-state index in [1.807, 2.05) is 67.3 Å². The van der Waals surface area contributed by atoms with Crippen molar-refractivity contribution in [2.45, 2.75) is 13.8 Å². The minimum Gasteiger partial charge on any atom is -0.508 e. The number of phenolic OH excluding ortho intramolecular Hbond substituents is 1. The standard InChI is InChI=1S/C25H23N3O2S/c1-5-15-31-17(3)22-23(19-9-7-6-8-10-19)26-28-24(22)27(4)16(2)21(25(28)30)18-11-13-20(29)14-12-18/h5-15,29H,3H2,1-2,4H3/b15-5-. The molecule has 0 fully saturated rings. The molecule has 0 unspecified atom stereocenters. The van der Waals surface area contributed by atoms with Gasteiger partial charge in [-0.15, -0.1) is 0 Å². The molecule has 2 heterocycles. The Balaban J connectivity index is 2.08. The van der Waals surface area contributed by atoms with Crippen LogP contribution in [0.4, 0.5) is 0 Å². The molecule has 0 amide bonds. The number of aromatic nitrogens is 3. The van der Waals surface area contributed by atoms with Gasteiger partial charge < -0.3 is 9.67 Å². The van der Waals surface area contributed by atoms with Crippen molar-refractivity contribution in [3.63, 3.8) is 0 Å². The van der Waals surface area contributed by atoms with E-state index in [2.05, 4.69) is 6.58 Å². The van der Waals surface area contributed by atoms with Crippen molar-refractivity contribution >= 4 is 22.3 Å². The van der Waals surface area contributed by atoms with Crippen LogP contribution in [0.3, 0.4) is 0 Å². The first-order valence-electron chi connectivity index (χ1n) is 9.88. The molecule has 0 aliphatic heterocycles. The van der Waals surface area contributed by atoms with E-state index in [0.29, 0.717) is 11.2 Å². The smallest absolute Gasteiger partial charge is 0.282 e. The van der Waals surface area contributed by atoms with E-state index < -0.39 is 0 Å². The molecule has 0 atom stereocenters. The number of benzene rings is 2. The lowest BCUT2D eigenvalue weighted by atomic mass is 10.0. The van der Waals surface area contributed by atoms with E-state index in [4.69, 9.17) is 5.10 Å². The summed E-state index contributed by atoms with van der Waals surface area (Å²) in [6.07, 6.45) is 1.96. The zero-order chi connectivity index (χ0) is 22.1. The second-order valence-electron chi connectivity index (χ2n) is 7.21. The Morgan fingerprint density at radius 3 is 2.42 bits per heavy atom. The molecule has 0 aliphatic rings. The summed E-state index contributed by atoms with van der Waals surface area (Å²) in [4.78, 5) is 14.4. The lowest BCUT2D eigenvalue weighted by Crippen LogP contribution is -2.22. The fraction of sp³-hybridized carbons (Fsp3) is 0.120. The van der Waals surface area contributed by atoms with Gasteiger partial charge >= 0.3 is 0 Å². The van der Waals surface area contributed by atoms with E-state index in [1.54, 1.807) is 24.3 Å². The monoisotopic (exact) mass is 429 g/mol. The molecule has 0 saturated carbocycles. The number of thioether (sulfide) groups is 1. The average molecular weight is 430 g/mol. The van der Waals surface area contributed by atoms with Gasteiger partial charge in [0.15, 0.2) is 0 Å². The van der Waals surface area contributed by atoms with Gasteiger partial charge in [-0.1, -0.05) is 66.9 Å². The fourth-order valence-corrected chi connectivity index (χ4v) is 4.28. The van der Waals surface area contributed by atoms with E-state index in [1.165, 1.54) is 16.3 Å². The Kier molecular flexibility index (Phi) is 5.57. The number of aryl methyl sites for hydroxylation is 1. The first-order chi connectivity index (χ1) is 14.9. The van der Waals surface area contributed by atoms with Crippen LogP contribution in [-0.4, -0.2) is 19.3 Å². The van der Waals surface area contributed by atoms with Gasteiger partial charge in [-0.2, -0.15) is 9.61 Å². The van der Waals surface area contributed by atoms with E-state index in [0.717, 1.165) is 33.0 Å². The van der Waals surface area contributed by atoms with E-state index >= 15 is 0 Å². The summed E-state index contributed by atoms with van der Waals surface area (Å²) in [7, 11) is 1.93. The summed E-state index contributed by atoms with van der Waals surface area (Å²) >= 11 is 1.51. The van der Waals surface area contributed by atoms with Crippen LogP contribution < -0.4 is 5.56 Å². The molecule has 31 heavy (non-hydrogen) atoms. The van der Waals surface area contributed by atoms with E-state index in [-0.39, 0.29) is 11.3 Å². The Morgan fingerprint density at radius 1 is 1.10 bits per heavy atom. The second kappa shape index (κ2) is 8.32. The van der Waals surface area contributed by atoms with Crippen molar-refractivity contribution < 1.29 is 5.11 Å². The molecular formula is C25H23N3O2S. The maximum atomic E-state index is 13.6. The summed E-state index contributed by atoms with van der Waals surface area (Å²) in [6.45, 7) is 8.15. The third-order valence-electron chi connectivity index (χ3n) is 5.28. The zero-order valence-corrected chi connectivity index (χ0v) is 18.5. The largest absolute Gasteiger partial charge is 0.508 e. The maximum Gasteiger partial charge on any atom is 0.282 e. The lowest BCUT2D eigenvalue weighted by Gasteiger charge is -2.14. The summed E-state index contributed by atoms with van der Waals surface area (Å²) in [5, 5.41) is 16.4. The predicted octanol–water partition coefficient (Wildman–Crippen LogP) is 5.62. The molecule has 0 aliphatic carbocycles. The number of allylic oxidation sites excluding steroid dienone is 1. The van der Waals surface area contributed by atoms with Crippen molar-refractivity contribution in [2.24, 2.45) is 7.05 Å². The molecule has 4 rings (SSSR count). The van der Waals surface area contributed by atoms with Crippen molar-refractivity contribution in [3.05, 3.63) is 94.3 Å². The first kappa shape index (κ1) is 20.8. The van der Waals surface area contributed by atoms with Crippen LogP contribution in [0.1, 0.15) is 18.2 Å². The van der Waals surface area contributed by atoms with Crippen molar-refractivity contribution in [3.8, 4) is 28.1 Å². The Morgan fingerprint density at radius 2 is 1.77 bits per heavy atom. The molecule has 156 valence electrons. The van der Waals surface area contributed by atoms with Gasteiger partial charge in [0.1, 0.15) is 17.1 Å². The molecule has 2 aromatic carbocycles. The van der Waals surface area contributed by atoms with Gasteiger partial charge in [0, 0.05) is 23.2 Å². The second-order valence-corrected chi connectivity index (χ2v) is 8.21. The predicted molar refractivity (Wildman–Crippen MR) is 129 cm³/mol. The third kappa shape index (κ3) is 3.59. The molecule has 2 aromatic heterocycles. The van der Waals surface area contributed by atoms with Crippen LogP contribution in [0, 0.1) is 6.92 Å². The fourth-order valence-electron chi connectivity index (χ4n) is 3.67. The highest BCUT2D eigenvalue weighted by Crippen LogP contribution is 2.37. The van der Waals surface area contributed by atoms with Gasteiger partial charge in [0.2, 0.25) is 0 Å². The molecular weight excluding hydrogens is 406 g/mol. The molecule has 1 N–H and O–H groups in total. The summed E-state index contributed by atoms with van der Waals surface area (Å²) in [5.41, 5.74) is 5.08. The van der Waals surface area contributed by atoms with Crippen molar-refractivity contribution in [2.75, 3.05) is 0 Å². The Labute approximate surface area is 185 Å². The molecule has 0 radical (unpaired) electrons. The van der Waals surface area contributed by atoms with Crippen LogP contribution in [0.5, 0.6) is 5.75 Å². The quantitative estimate of drug-likeness (QED) is 0.447. The minimum absolute atomic E-state index is 0.157. The van der Waals surface area contributed by atoms with Crippen LogP contribution >= 0.6 is 11.8 Å². The Bertz CT molecular complexity index is 1360. The number of aromatic hydroxyl groups is 1. The number of nitrogens with zero attached hydrogens (tertiary/aromatic N) is 3. The number of rotatable bonds is 5. The summed E-state index contributed by atoms with van der Waals surface area (Å²) in [5.74, 6) is 0.157. The minimum atomic E-state index is -0.205. The summed E-state index contributed by atoms with van der Waals surface area (Å²) < 4.78 is 3.45. The van der Waals surface area contributed by atoms with Crippen molar-refractivity contribution in [1.82, 2.24) is 14.2 Å². The van der Waals surface area contributed by atoms with Gasteiger partial charge in [-0.3, -0.25) is 4.79 Å². The normalized spacial score (nSPS) is 11.5. The molecule has 0 saturated heterocycles.